The number of nitrogens with one attached hydrogen (secondary N) is 1. The van der Waals surface area contributed by atoms with Crippen LogP contribution >= 0.6 is 11.6 Å². The molecule has 10 heteroatoms. The second-order valence-corrected chi connectivity index (χ2v) is 8.81. The van der Waals surface area contributed by atoms with E-state index >= 15 is 0 Å². The Kier molecular flexibility index (Phi) is 8.33. The number of nitrogens with zero attached hydrogens (tertiary/aromatic N) is 3. The molecule has 1 unspecified atom stereocenters. The molecule has 1 aromatic carbocycles. The van der Waals surface area contributed by atoms with E-state index in [0.717, 1.165) is 10.5 Å². The quantitative estimate of drug-likeness (QED) is 0.534. The summed E-state index contributed by atoms with van der Waals surface area (Å²) in [7, 11) is 1.27. The Morgan fingerprint density at radius 1 is 1.18 bits per heavy atom. The molecule has 0 bridgehead atoms. The van der Waals surface area contributed by atoms with Gasteiger partial charge in [-0.3, -0.25) is 19.4 Å². The van der Waals surface area contributed by atoms with Gasteiger partial charge in [-0.1, -0.05) is 30.7 Å². The number of pyridine rings is 1. The van der Waals surface area contributed by atoms with E-state index in [1.807, 2.05) is 26.0 Å². The van der Waals surface area contributed by atoms with Crippen molar-refractivity contribution < 1.29 is 23.9 Å². The van der Waals surface area contributed by atoms with Crippen LogP contribution in [-0.2, 0) is 20.9 Å². The summed E-state index contributed by atoms with van der Waals surface area (Å²) in [6.07, 6.45) is 0.981. The average Bonchev–Trinajstić information content (AvgIpc) is 2.80. The largest absolute Gasteiger partial charge is 0.489 e. The van der Waals surface area contributed by atoms with Gasteiger partial charge in [0.15, 0.2) is 0 Å². The maximum absolute atomic E-state index is 13.4. The summed E-state index contributed by atoms with van der Waals surface area (Å²) in [4.78, 5) is 45.2. The van der Waals surface area contributed by atoms with E-state index in [1.165, 1.54) is 7.11 Å². The Labute approximate surface area is 204 Å². The van der Waals surface area contributed by atoms with Crippen LogP contribution in [0.4, 0.5) is 10.6 Å². The number of carbonyl (C=O) groups is 3. The van der Waals surface area contributed by atoms with E-state index in [9.17, 15) is 14.4 Å². The smallest absolute Gasteiger partial charge is 0.328 e. The molecule has 1 aliphatic rings. The number of hydrogen-bond donors (Lipinski definition) is 1. The average molecular weight is 489 g/mol. The molecule has 2 atom stereocenters. The van der Waals surface area contributed by atoms with E-state index in [2.05, 4.69) is 10.3 Å². The lowest BCUT2D eigenvalue weighted by Crippen LogP contribution is -2.59. The van der Waals surface area contributed by atoms with Crippen LogP contribution in [-0.4, -0.2) is 58.6 Å². The van der Waals surface area contributed by atoms with Crippen molar-refractivity contribution in [1.29, 1.82) is 0 Å². The first-order chi connectivity index (χ1) is 16.2. The summed E-state index contributed by atoms with van der Waals surface area (Å²) in [6.45, 7) is 5.64. The molecule has 1 saturated heterocycles. The standard InChI is InChI=1S/C24H29ClN4O5/c1-15(2)34-19-9-10-20(26-12-19)27-21-11-22(30)29(13-16(3)23(31)33-4)24(32)28(21)14-17-5-7-18(25)8-6-17/h5-10,12,15-16,21H,11,13-14H2,1-4H3,(H,26,27)/t16-,21?/m0/s1. The fourth-order valence-corrected chi connectivity index (χ4v) is 3.71. The van der Waals surface area contributed by atoms with Gasteiger partial charge >= 0.3 is 12.0 Å². The number of rotatable bonds is 9. The zero-order chi connectivity index (χ0) is 24.8. The van der Waals surface area contributed by atoms with E-state index in [1.54, 1.807) is 42.3 Å². The third-order valence-electron chi connectivity index (χ3n) is 5.27. The van der Waals surface area contributed by atoms with Gasteiger partial charge in [0.1, 0.15) is 17.7 Å². The van der Waals surface area contributed by atoms with Gasteiger partial charge < -0.3 is 14.8 Å². The molecule has 34 heavy (non-hydrogen) atoms. The number of urea groups is 1. The number of esters is 1. The predicted octanol–water partition coefficient (Wildman–Crippen LogP) is 3.92. The van der Waals surface area contributed by atoms with Crippen molar-refractivity contribution in [3.05, 3.63) is 53.2 Å². The second-order valence-electron chi connectivity index (χ2n) is 8.38. The molecule has 2 aromatic rings. The summed E-state index contributed by atoms with van der Waals surface area (Å²) >= 11 is 6.00. The van der Waals surface area contributed by atoms with E-state index in [4.69, 9.17) is 21.1 Å². The summed E-state index contributed by atoms with van der Waals surface area (Å²) in [5.74, 6) is -0.394. The number of methoxy groups -OCH3 is 1. The Bertz CT molecular complexity index is 1010. The Morgan fingerprint density at radius 3 is 2.47 bits per heavy atom. The zero-order valence-corrected chi connectivity index (χ0v) is 20.4. The van der Waals surface area contributed by atoms with Crippen LogP contribution in [0.5, 0.6) is 5.75 Å². The number of hydrogen-bond acceptors (Lipinski definition) is 7. The highest BCUT2D eigenvalue weighted by Crippen LogP contribution is 2.24. The molecular weight excluding hydrogens is 460 g/mol. The van der Waals surface area contributed by atoms with Crippen LogP contribution in [0.15, 0.2) is 42.6 Å². The van der Waals surface area contributed by atoms with Crippen molar-refractivity contribution in [3.8, 4) is 5.75 Å². The Hall–Kier alpha value is -3.33. The molecule has 9 nitrogen and oxygen atoms in total. The second kappa shape index (κ2) is 11.2. The van der Waals surface area contributed by atoms with Crippen LogP contribution in [0, 0.1) is 5.92 Å². The molecule has 182 valence electrons. The van der Waals surface area contributed by atoms with Crippen molar-refractivity contribution in [2.24, 2.45) is 5.92 Å². The minimum Gasteiger partial charge on any atom is -0.489 e. The van der Waals surface area contributed by atoms with Gasteiger partial charge in [0.2, 0.25) is 5.91 Å². The summed E-state index contributed by atoms with van der Waals surface area (Å²) < 4.78 is 10.4. The molecule has 3 amide bonds. The lowest BCUT2D eigenvalue weighted by molar-refractivity contribution is -0.146. The van der Waals surface area contributed by atoms with E-state index < -0.39 is 24.1 Å². The highest BCUT2D eigenvalue weighted by Gasteiger charge is 2.40. The van der Waals surface area contributed by atoms with Gasteiger partial charge in [-0.15, -0.1) is 0 Å². The molecule has 1 N–H and O–H groups in total. The molecule has 0 saturated carbocycles. The maximum atomic E-state index is 13.4. The van der Waals surface area contributed by atoms with Crippen LogP contribution < -0.4 is 10.1 Å². The Balaban J connectivity index is 1.83. The fourth-order valence-electron chi connectivity index (χ4n) is 3.58. The van der Waals surface area contributed by atoms with Crippen LogP contribution in [0.3, 0.4) is 0 Å². The van der Waals surface area contributed by atoms with Crippen LogP contribution in [0.25, 0.3) is 0 Å². The van der Waals surface area contributed by atoms with Crippen LogP contribution in [0.2, 0.25) is 5.02 Å². The number of imide groups is 1. The number of carbonyl (C=O) groups excluding carboxylic acids is 3. The third kappa shape index (κ3) is 6.38. The summed E-state index contributed by atoms with van der Waals surface area (Å²) in [6, 6.07) is 10.1. The van der Waals surface area contributed by atoms with Gasteiger partial charge in [-0.25, -0.2) is 9.78 Å². The monoisotopic (exact) mass is 488 g/mol. The van der Waals surface area contributed by atoms with Gasteiger partial charge in [0.05, 0.1) is 31.7 Å². The van der Waals surface area contributed by atoms with Crippen molar-refractivity contribution in [2.75, 3.05) is 19.0 Å². The van der Waals surface area contributed by atoms with Crippen LogP contribution in [0.1, 0.15) is 32.8 Å². The fraction of sp³-hybridized carbons (Fsp3) is 0.417. The van der Waals surface area contributed by atoms with Crippen molar-refractivity contribution in [1.82, 2.24) is 14.8 Å². The molecular formula is C24H29ClN4O5. The topological polar surface area (TPSA) is 101 Å². The molecule has 3 rings (SSSR count). The SMILES string of the molecule is COC(=O)[C@@H](C)CN1C(=O)CC(Nc2ccc(OC(C)C)cn2)N(Cc2ccc(Cl)cc2)C1=O. The molecule has 1 fully saturated rings. The van der Waals surface area contributed by atoms with Gasteiger partial charge in [-0.2, -0.15) is 0 Å². The van der Waals surface area contributed by atoms with E-state index in [0.29, 0.717) is 16.6 Å². The summed E-state index contributed by atoms with van der Waals surface area (Å²) in [5, 5.41) is 3.77. The molecule has 1 aliphatic heterocycles. The number of anilines is 1. The lowest BCUT2D eigenvalue weighted by Gasteiger charge is -2.41. The number of benzene rings is 1. The zero-order valence-electron chi connectivity index (χ0n) is 19.7. The maximum Gasteiger partial charge on any atom is 0.328 e. The number of amides is 3. The van der Waals surface area contributed by atoms with E-state index in [-0.39, 0.29) is 31.5 Å². The first kappa shape index (κ1) is 25.3. The van der Waals surface area contributed by atoms with Crippen molar-refractivity contribution in [3.63, 3.8) is 0 Å². The number of aromatic nitrogens is 1. The Morgan fingerprint density at radius 2 is 1.88 bits per heavy atom. The minimum atomic E-state index is -0.644. The number of halogens is 1. The molecule has 2 heterocycles. The van der Waals surface area contributed by atoms with Gasteiger partial charge in [-0.05, 0) is 43.7 Å². The molecule has 1 aromatic heterocycles. The summed E-state index contributed by atoms with van der Waals surface area (Å²) in [5.41, 5.74) is 0.841. The third-order valence-corrected chi connectivity index (χ3v) is 5.52. The number of ether oxygens (including phenoxy) is 2. The minimum absolute atomic E-state index is 0.0130. The highest BCUT2D eigenvalue weighted by atomic mass is 35.5. The molecule has 0 spiro atoms. The normalized spacial score (nSPS) is 17.1. The van der Waals surface area contributed by atoms with Gasteiger partial charge in [0, 0.05) is 18.1 Å². The van der Waals surface area contributed by atoms with Gasteiger partial charge in [0.25, 0.3) is 0 Å². The predicted molar refractivity (Wildman–Crippen MR) is 127 cm³/mol. The lowest BCUT2D eigenvalue weighted by atomic mass is 10.1. The first-order valence-electron chi connectivity index (χ1n) is 11.0. The molecule has 0 radical (unpaired) electrons. The van der Waals surface area contributed by atoms with Crippen molar-refractivity contribution in [2.45, 2.75) is 46.0 Å². The first-order valence-corrected chi connectivity index (χ1v) is 11.4. The van der Waals surface area contributed by atoms with Crippen molar-refractivity contribution >= 4 is 35.3 Å². The highest BCUT2D eigenvalue weighted by molar-refractivity contribution is 6.30. The molecule has 0 aliphatic carbocycles.